The van der Waals surface area contributed by atoms with Gasteiger partial charge in [-0.1, -0.05) is 12.1 Å². The van der Waals surface area contributed by atoms with E-state index in [2.05, 4.69) is 15.6 Å². The zero-order chi connectivity index (χ0) is 13.1. The summed E-state index contributed by atoms with van der Waals surface area (Å²) in [4.78, 5) is 16.2. The second-order valence-electron chi connectivity index (χ2n) is 4.46. The molecular weight excluding hydrogens is 242 g/mol. The Bertz CT molecular complexity index is 589. The fourth-order valence-corrected chi connectivity index (χ4v) is 2.17. The molecule has 0 bridgehead atoms. The van der Waals surface area contributed by atoms with E-state index in [1.807, 2.05) is 24.3 Å². The molecule has 1 aliphatic heterocycles. The molecule has 98 valence electrons. The fourth-order valence-electron chi connectivity index (χ4n) is 2.17. The number of anilines is 1. The topological polar surface area (TPSA) is 63.2 Å². The Kier molecular flexibility index (Phi) is 3.39. The van der Waals surface area contributed by atoms with Crippen LogP contribution in [0.25, 0.3) is 10.8 Å². The lowest BCUT2D eigenvalue weighted by molar-refractivity contribution is -0.128. The highest BCUT2D eigenvalue weighted by Crippen LogP contribution is 2.22. The molecule has 0 saturated carbocycles. The van der Waals surface area contributed by atoms with Gasteiger partial charge in [0.2, 0.25) is 0 Å². The van der Waals surface area contributed by atoms with Crippen LogP contribution in [0.3, 0.4) is 0 Å². The van der Waals surface area contributed by atoms with E-state index in [-0.39, 0.29) is 5.91 Å². The van der Waals surface area contributed by atoms with Crippen molar-refractivity contribution in [3.63, 3.8) is 0 Å². The van der Waals surface area contributed by atoms with E-state index in [4.69, 9.17) is 4.74 Å². The molecule has 2 N–H and O–H groups in total. The van der Waals surface area contributed by atoms with Crippen molar-refractivity contribution in [3.8, 4) is 0 Å². The van der Waals surface area contributed by atoms with Gasteiger partial charge in [-0.25, -0.2) is 0 Å². The summed E-state index contributed by atoms with van der Waals surface area (Å²) < 4.78 is 5.43. The summed E-state index contributed by atoms with van der Waals surface area (Å²) in [5, 5.41) is 8.04. The first-order valence-corrected chi connectivity index (χ1v) is 6.30. The predicted octanol–water partition coefficient (Wildman–Crippen LogP) is 1.16. The van der Waals surface area contributed by atoms with Crippen LogP contribution in [-0.2, 0) is 9.53 Å². The summed E-state index contributed by atoms with van der Waals surface area (Å²) in [6.07, 6.45) is 3.06. The van der Waals surface area contributed by atoms with Crippen LogP contribution >= 0.6 is 0 Å². The van der Waals surface area contributed by atoms with Crippen molar-refractivity contribution in [2.24, 2.45) is 0 Å². The van der Waals surface area contributed by atoms with Gasteiger partial charge in [0, 0.05) is 30.9 Å². The van der Waals surface area contributed by atoms with Crippen LogP contribution in [0.4, 0.5) is 5.69 Å². The number of nitrogens with zero attached hydrogens (tertiary/aromatic N) is 1. The lowest BCUT2D eigenvalue weighted by Gasteiger charge is -2.23. The van der Waals surface area contributed by atoms with Gasteiger partial charge in [0.25, 0.3) is 5.91 Å². The normalized spacial score (nSPS) is 19.3. The minimum atomic E-state index is -0.430. The van der Waals surface area contributed by atoms with E-state index >= 15 is 0 Å². The Morgan fingerprint density at radius 3 is 3.21 bits per heavy atom. The Hall–Kier alpha value is -1.98. The molecule has 0 radical (unpaired) electrons. The standard InChI is InChI=1S/C14H15N3O2/c18-14(13-9-16-6-7-19-13)17-12-3-1-2-10-4-5-15-8-11(10)12/h1-5,8,13,16H,6-7,9H2,(H,17,18). The highest BCUT2D eigenvalue weighted by atomic mass is 16.5. The van der Waals surface area contributed by atoms with Crippen LogP contribution < -0.4 is 10.6 Å². The number of aromatic nitrogens is 1. The van der Waals surface area contributed by atoms with Crippen molar-refractivity contribution in [1.82, 2.24) is 10.3 Å². The molecule has 19 heavy (non-hydrogen) atoms. The van der Waals surface area contributed by atoms with Gasteiger partial charge >= 0.3 is 0 Å². The Balaban J connectivity index is 1.82. The van der Waals surface area contributed by atoms with Gasteiger partial charge in [-0.05, 0) is 17.5 Å². The number of nitrogens with one attached hydrogen (secondary N) is 2. The third kappa shape index (κ3) is 2.57. The Morgan fingerprint density at radius 1 is 1.42 bits per heavy atom. The highest BCUT2D eigenvalue weighted by Gasteiger charge is 2.22. The summed E-state index contributed by atoms with van der Waals surface area (Å²) >= 11 is 0. The molecule has 0 aliphatic carbocycles. The van der Waals surface area contributed by atoms with Gasteiger partial charge in [0.05, 0.1) is 12.3 Å². The second kappa shape index (κ2) is 5.34. The average Bonchev–Trinajstić information content (AvgIpc) is 2.48. The third-order valence-corrected chi connectivity index (χ3v) is 3.16. The molecule has 2 heterocycles. The van der Waals surface area contributed by atoms with Crippen LogP contribution in [0.1, 0.15) is 0 Å². The molecule has 5 heteroatoms. The molecule has 3 rings (SSSR count). The van der Waals surface area contributed by atoms with Gasteiger partial charge in [-0.15, -0.1) is 0 Å². The van der Waals surface area contributed by atoms with E-state index in [9.17, 15) is 4.79 Å². The van der Waals surface area contributed by atoms with Gasteiger partial charge in [-0.2, -0.15) is 0 Å². The van der Waals surface area contributed by atoms with Crippen molar-refractivity contribution in [3.05, 3.63) is 36.7 Å². The number of ether oxygens (including phenoxy) is 1. The van der Waals surface area contributed by atoms with E-state index in [0.29, 0.717) is 13.2 Å². The molecule has 1 unspecified atom stereocenters. The summed E-state index contributed by atoms with van der Waals surface area (Å²) in [6.45, 7) is 1.91. The number of carbonyl (C=O) groups excluding carboxylic acids is 1. The summed E-state index contributed by atoms with van der Waals surface area (Å²) in [5.41, 5.74) is 0.768. The molecule has 1 aromatic heterocycles. The molecule has 1 aromatic carbocycles. The molecule has 1 saturated heterocycles. The number of fused-ring (bicyclic) bond motifs is 1. The number of amides is 1. The predicted molar refractivity (Wildman–Crippen MR) is 73.0 cm³/mol. The van der Waals surface area contributed by atoms with Crippen LogP contribution in [0, 0.1) is 0 Å². The Labute approximate surface area is 111 Å². The maximum absolute atomic E-state index is 12.1. The SMILES string of the molecule is O=C(Nc1cccc2ccncc12)C1CNCCO1. The zero-order valence-corrected chi connectivity index (χ0v) is 10.4. The summed E-state index contributed by atoms with van der Waals surface area (Å²) in [7, 11) is 0. The fraction of sp³-hybridized carbons (Fsp3) is 0.286. The molecule has 1 fully saturated rings. The number of hydrogen-bond donors (Lipinski definition) is 2. The van der Waals surface area contributed by atoms with Gasteiger partial charge in [-0.3, -0.25) is 9.78 Å². The van der Waals surface area contributed by atoms with E-state index in [1.54, 1.807) is 12.4 Å². The molecule has 2 aromatic rings. The number of rotatable bonds is 2. The third-order valence-electron chi connectivity index (χ3n) is 3.16. The first-order valence-electron chi connectivity index (χ1n) is 6.30. The zero-order valence-electron chi connectivity index (χ0n) is 10.4. The summed E-state index contributed by atoms with van der Waals surface area (Å²) in [5.74, 6) is -0.122. The minimum absolute atomic E-state index is 0.122. The van der Waals surface area contributed by atoms with Crippen LogP contribution in [-0.4, -0.2) is 36.7 Å². The first-order chi connectivity index (χ1) is 9.34. The van der Waals surface area contributed by atoms with Crippen molar-refractivity contribution in [2.45, 2.75) is 6.10 Å². The van der Waals surface area contributed by atoms with Crippen LogP contribution in [0.15, 0.2) is 36.7 Å². The Morgan fingerprint density at radius 2 is 2.37 bits per heavy atom. The second-order valence-corrected chi connectivity index (χ2v) is 4.46. The number of hydrogen-bond acceptors (Lipinski definition) is 4. The van der Waals surface area contributed by atoms with E-state index < -0.39 is 6.10 Å². The number of pyridine rings is 1. The lowest BCUT2D eigenvalue weighted by atomic mass is 10.1. The van der Waals surface area contributed by atoms with E-state index in [1.165, 1.54) is 0 Å². The molecule has 1 aliphatic rings. The minimum Gasteiger partial charge on any atom is -0.366 e. The van der Waals surface area contributed by atoms with Crippen LogP contribution in [0.5, 0.6) is 0 Å². The maximum atomic E-state index is 12.1. The molecule has 5 nitrogen and oxygen atoms in total. The van der Waals surface area contributed by atoms with Crippen molar-refractivity contribution < 1.29 is 9.53 Å². The molecule has 1 atom stereocenters. The molecule has 0 spiro atoms. The maximum Gasteiger partial charge on any atom is 0.254 e. The number of carbonyl (C=O) groups is 1. The van der Waals surface area contributed by atoms with Crippen LogP contribution in [0.2, 0.25) is 0 Å². The largest absolute Gasteiger partial charge is 0.366 e. The highest BCUT2D eigenvalue weighted by molar-refractivity contribution is 6.03. The van der Waals surface area contributed by atoms with Crippen molar-refractivity contribution in [2.75, 3.05) is 25.0 Å². The van der Waals surface area contributed by atoms with Crippen molar-refractivity contribution in [1.29, 1.82) is 0 Å². The van der Waals surface area contributed by atoms with Gasteiger partial charge in [0.1, 0.15) is 6.10 Å². The average molecular weight is 257 g/mol. The van der Waals surface area contributed by atoms with Gasteiger partial charge in [0.15, 0.2) is 0 Å². The molecule has 1 amide bonds. The number of benzene rings is 1. The lowest BCUT2D eigenvalue weighted by Crippen LogP contribution is -2.45. The molecular formula is C14H15N3O2. The van der Waals surface area contributed by atoms with Gasteiger partial charge < -0.3 is 15.4 Å². The monoisotopic (exact) mass is 257 g/mol. The summed E-state index contributed by atoms with van der Waals surface area (Å²) in [6, 6.07) is 7.70. The van der Waals surface area contributed by atoms with Crippen molar-refractivity contribution >= 4 is 22.4 Å². The van der Waals surface area contributed by atoms with E-state index in [0.717, 1.165) is 23.0 Å². The first kappa shape index (κ1) is 12.1. The number of morpholine rings is 1. The smallest absolute Gasteiger partial charge is 0.254 e. The quantitative estimate of drug-likeness (QED) is 0.847.